The summed E-state index contributed by atoms with van der Waals surface area (Å²) in [6.45, 7) is 1.67. The molecule has 5 nitrogen and oxygen atoms in total. The smallest absolute Gasteiger partial charge is 0.313 e. The number of aryl methyl sites for hydroxylation is 1. The highest BCUT2D eigenvalue weighted by Crippen LogP contribution is 2.32. The van der Waals surface area contributed by atoms with Crippen LogP contribution >= 0.6 is 0 Å². The molecule has 1 aromatic carbocycles. The summed E-state index contributed by atoms with van der Waals surface area (Å²) in [7, 11) is 0. The van der Waals surface area contributed by atoms with Crippen LogP contribution < -0.4 is 5.73 Å². The molecule has 0 radical (unpaired) electrons. The van der Waals surface area contributed by atoms with Gasteiger partial charge in [0.1, 0.15) is 0 Å². The highest BCUT2D eigenvalue weighted by Gasteiger charge is 2.15. The highest BCUT2D eigenvalue weighted by atomic mass is 16.6. The van der Waals surface area contributed by atoms with Crippen LogP contribution in [0.5, 0.6) is 5.75 Å². The van der Waals surface area contributed by atoms with E-state index in [2.05, 4.69) is 0 Å². The predicted octanol–water partition coefficient (Wildman–Crippen LogP) is 1.19. The van der Waals surface area contributed by atoms with Crippen molar-refractivity contribution < 1.29 is 10.0 Å². The first kappa shape index (κ1) is 8.32. The number of nitrogens with two attached hydrogens (primary N) is 1. The Kier molecular flexibility index (Phi) is 1.86. The van der Waals surface area contributed by atoms with Crippen molar-refractivity contribution in [3.8, 4) is 5.75 Å². The van der Waals surface area contributed by atoms with Crippen molar-refractivity contribution in [2.24, 2.45) is 0 Å². The van der Waals surface area contributed by atoms with E-state index in [0.29, 0.717) is 5.56 Å². The molecule has 12 heavy (non-hydrogen) atoms. The minimum Gasteiger partial charge on any atom is -0.501 e. The fourth-order valence-corrected chi connectivity index (χ4v) is 0.926. The second-order valence-corrected chi connectivity index (χ2v) is 2.48. The van der Waals surface area contributed by atoms with Crippen LogP contribution in [0.1, 0.15) is 5.56 Å². The van der Waals surface area contributed by atoms with Crippen LogP contribution in [-0.2, 0) is 0 Å². The average molecular weight is 168 g/mol. The minimum absolute atomic E-state index is 0.0294. The molecule has 0 bridgehead atoms. The quantitative estimate of drug-likeness (QED) is 0.285. The molecule has 0 aromatic heterocycles. The Morgan fingerprint density at radius 3 is 2.67 bits per heavy atom. The maximum Gasteiger partial charge on any atom is 0.313 e. The Hall–Kier alpha value is -1.78. The molecule has 0 saturated carbocycles. The number of rotatable bonds is 1. The number of nitro groups is 1. The van der Waals surface area contributed by atoms with Gasteiger partial charge in [-0.05, 0) is 18.6 Å². The molecule has 0 spiro atoms. The SMILES string of the molecule is Cc1cc(N)c(O)c([N+](=O)[O-])c1. The lowest BCUT2D eigenvalue weighted by molar-refractivity contribution is -0.385. The summed E-state index contributed by atoms with van der Waals surface area (Å²) in [6, 6.07) is 2.74. The van der Waals surface area contributed by atoms with Crippen molar-refractivity contribution in [1.29, 1.82) is 0 Å². The second-order valence-electron chi connectivity index (χ2n) is 2.48. The van der Waals surface area contributed by atoms with Crippen LogP contribution in [0.2, 0.25) is 0 Å². The van der Waals surface area contributed by atoms with Gasteiger partial charge in [-0.2, -0.15) is 0 Å². The third-order valence-corrected chi connectivity index (χ3v) is 1.46. The molecule has 0 atom stereocenters. The molecule has 0 aliphatic heterocycles. The third-order valence-electron chi connectivity index (χ3n) is 1.46. The summed E-state index contributed by atoms with van der Waals surface area (Å²) in [5, 5.41) is 19.4. The van der Waals surface area contributed by atoms with E-state index in [1.807, 2.05) is 0 Å². The Labute approximate surface area is 68.6 Å². The first-order chi connectivity index (χ1) is 5.52. The molecule has 0 aliphatic rings. The van der Waals surface area contributed by atoms with Gasteiger partial charge in [0.05, 0.1) is 10.6 Å². The second kappa shape index (κ2) is 2.69. The van der Waals surface area contributed by atoms with Gasteiger partial charge < -0.3 is 10.8 Å². The van der Waals surface area contributed by atoms with Crippen LogP contribution in [0, 0.1) is 17.0 Å². The number of nitrogens with zero attached hydrogens (tertiary/aromatic N) is 1. The molecular formula is C7H8N2O3. The van der Waals surface area contributed by atoms with Gasteiger partial charge in [0.25, 0.3) is 0 Å². The first-order valence-electron chi connectivity index (χ1n) is 3.26. The zero-order valence-corrected chi connectivity index (χ0v) is 6.44. The van der Waals surface area contributed by atoms with E-state index in [0.717, 1.165) is 0 Å². The molecule has 5 heteroatoms. The molecule has 64 valence electrons. The van der Waals surface area contributed by atoms with E-state index in [-0.39, 0.29) is 11.4 Å². The van der Waals surface area contributed by atoms with Crippen molar-refractivity contribution in [3.63, 3.8) is 0 Å². The van der Waals surface area contributed by atoms with Crippen LogP contribution in [0.4, 0.5) is 11.4 Å². The molecule has 0 unspecified atom stereocenters. The molecular weight excluding hydrogens is 160 g/mol. The van der Waals surface area contributed by atoms with Gasteiger partial charge >= 0.3 is 5.69 Å². The molecule has 0 fully saturated rings. The summed E-state index contributed by atoms with van der Waals surface area (Å²) < 4.78 is 0. The zero-order valence-electron chi connectivity index (χ0n) is 6.44. The van der Waals surface area contributed by atoms with Crippen LogP contribution in [-0.4, -0.2) is 10.0 Å². The maximum atomic E-state index is 10.3. The molecule has 0 aliphatic carbocycles. The van der Waals surface area contributed by atoms with Crippen LogP contribution in [0.3, 0.4) is 0 Å². The third kappa shape index (κ3) is 1.29. The molecule has 1 rings (SSSR count). The van der Waals surface area contributed by atoms with Crippen LogP contribution in [0.15, 0.2) is 12.1 Å². The number of nitrogen functional groups attached to an aromatic ring is 1. The van der Waals surface area contributed by atoms with E-state index in [1.165, 1.54) is 12.1 Å². The lowest BCUT2D eigenvalue weighted by atomic mass is 10.2. The van der Waals surface area contributed by atoms with Crippen LogP contribution in [0.25, 0.3) is 0 Å². The van der Waals surface area contributed by atoms with Gasteiger partial charge in [-0.25, -0.2) is 0 Å². The average Bonchev–Trinajstić information content (AvgIpc) is 1.96. The number of nitro benzene ring substituents is 1. The van der Waals surface area contributed by atoms with Gasteiger partial charge in [0, 0.05) is 6.07 Å². The topological polar surface area (TPSA) is 89.4 Å². The van der Waals surface area contributed by atoms with E-state index >= 15 is 0 Å². The van der Waals surface area contributed by atoms with Gasteiger partial charge in [0.15, 0.2) is 0 Å². The summed E-state index contributed by atoms with van der Waals surface area (Å²) in [6.07, 6.45) is 0. The first-order valence-corrected chi connectivity index (χ1v) is 3.26. The summed E-state index contributed by atoms with van der Waals surface area (Å²) in [5.41, 5.74) is 5.63. The lowest BCUT2D eigenvalue weighted by Gasteiger charge is -2.00. The Morgan fingerprint density at radius 1 is 1.58 bits per heavy atom. The summed E-state index contributed by atoms with van der Waals surface area (Å²) >= 11 is 0. The number of benzene rings is 1. The minimum atomic E-state index is -0.668. The van der Waals surface area contributed by atoms with Gasteiger partial charge in [0.2, 0.25) is 5.75 Å². The van der Waals surface area contributed by atoms with Gasteiger partial charge in [-0.3, -0.25) is 10.1 Å². The zero-order chi connectivity index (χ0) is 9.30. The number of aromatic hydroxyl groups is 1. The molecule has 0 amide bonds. The van der Waals surface area contributed by atoms with Crippen molar-refractivity contribution >= 4 is 11.4 Å². The highest BCUT2D eigenvalue weighted by molar-refractivity contribution is 5.64. The standard InChI is InChI=1S/C7H8N2O3/c1-4-2-5(8)7(10)6(3-4)9(11)12/h2-3,10H,8H2,1H3. The molecule has 0 heterocycles. The molecule has 1 aromatic rings. The molecule has 0 saturated heterocycles. The number of phenols is 1. The van der Waals surface area contributed by atoms with Crippen molar-refractivity contribution in [3.05, 3.63) is 27.8 Å². The number of hydrogen-bond acceptors (Lipinski definition) is 4. The van der Waals surface area contributed by atoms with E-state index in [1.54, 1.807) is 6.92 Å². The predicted molar refractivity (Wildman–Crippen MR) is 43.9 cm³/mol. The van der Waals surface area contributed by atoms with Crippen molar-refractivity contribution in [2.45, 2.75) is 6.92 Å². The number of anilines is 1. The van der Waals surface area contributed by atoms with Gasteiger partial charge in [-0.15, -0.1) is 0 Å². The molecule has 3 N–H and O–H groups in total. The van der Waals surface area contributed by atoms with Crippen molar-refractivity contribution in [1.82, 2.24) is 0 Å². The Balaban J connectivity index is 3.37. The normalized spacial score (nSPS) is 9.75. The van der Waals surface area contributed by atoms with Gasteiger partial charge in [-0.1, -0.05) is 0 Å². The van der Waals surface area contributed by atoms with E-state index in [4.69, 9.17) is 10.8 Å². The summed E-state index contributed by atoms with van der Waals surface area (Å²) in [5.74, 6) is -0.467. The van der Waals surface area contributed by atoms with Crippen molar-refractivity contribution in [2.75, 3.05) is 5.73 Å². The monoisotopic (exact) mass is 168 g/mol. The Morgan fingerprint density at radius 2 is 2.17 bits per heavy atom. The fourth-order valence-electron chi connectivity index (χ4n) is 0.926. The lowest BCUT2D eigenvalue weighted by Crippen LogP contribution is -1.93. The number of hydrogen-bond donors (Lipinski definition) is 2. The van der Waals surface area contributed by atoms with E-state index < -0.39 is 10.7 Å². The summed E-state index contributed by atoms with van der Waals surface area (Å²) in [4.78, 5) is 9.65. The largest absolute Gasteiger partial charge is 0.501 e. The fraction of sp³-hybridized carbons (Fsp3) is 0.143. The maximum absolute atomic E-state index is 10.3. The number of phenolic OH excluding ortho intramolecular Hbond substituents is 1. The Bertz CT molecular complexity index is 336. The van der Waals surface area contributed by atoms with E-state index in [9.17, 15) is 10.1 Å².